The number of rotatable bonds is 6. The highest BCUT2D eigenvalue weighted by molar-refractivity contribution is 7.71. The standard InChI is InChI=1S/C21H28F3N3O8S/c1-19(2,3)33-12(29)8-26(17(31)21(22,23)24)6-10-7-27(18(36)25-15(10)30)16-14-13(11(9-28)32-16)34-20(4,5)35-14/h7,11,13-14,16,28H,6,8-9H2,1-5H3,(H,25,30,36)/t11-,13-,14-,16-/m1/s1. The van der Waals surface area contributed by atoms with Crippen LogP contribution in [0.1, 0.15) is 46.4 Å². The SMILES string of the molecule is CC(C)(C)OC(=O)CN(Cc1cn([C@@H]2O[C@H](CO)[C@H]3OC(C)(C)O[C@H]32)c(=S)[nH]c1=O)C(=O)C(F)(F)F. The zero-order valence-corrected chi connectivity index (χ0v) is 21.1. The number of aromatic amines is 1. The van der Waals surface area contributed by atoms with Crippen molar-refractivity contribution in [2.75, 3.05) is 13.2 Å². The van der Waals surface area contributed by atoms with Crippen LogP contribution in [0.15, 0.2) is 11.0 Å². The minimum Gasteiger partial charge on any atom is -0.459 e. The van der Waals surface area contributed by atoms with E-state index in [1.54, 1.807) is 13.8 Å². The highest BCUT2D eigenvalue weighted by atomic mass is 32.1. The second-order valence-electron chi connectivity index (χ2n) is 9.88. The number of nitrogens with zero attached hydrogens (tertiary/aromatic N) is 2. The number of ether oxygens (including phenoxy) is 4. The summed E-state index contributed by atoms with van der Waals surface area (Å²) in [6.45, 7) is 5.52. The fourth-order valence-corrected chi connectivity index (χ4v) is 4.22. The van der Waals surface area contributed by atoms with E-state index in [0.29, 0.717) is 0 Å². The van der Waals surface area contributed by atoms with E-state index in [1.165, 1.54) is 25.3 Å². The van der Waals surface area contributed by atoms with Crippen LogP contribution in [0.3, 0.4) is 0 Å². The van der Waals surface area contributed by atoms with E-state index in [4.69, 9.17) is 31.2 Å². The minimum atomic E-state index is -5.31. The molecule has 0 bridgehead atoms. The Kier molecular flexibility index (Phi) is 7.73. The van der Waals surface area contributed by atoms with Gasteiger partial charge in [-0.25, -0.2) is 0 Å². The number of H-pyrrole nitrogens is 1. The van der Waals surface area contributed by atoms with Gasteiger partial charge in [-0.05, 0) is 46.8 Å². The number of fused-ring (bicyclic) bond motifs is 1. The number of aliphatic hydroxyl groups is 1. The number of nitrogens with one attached hydrogen (secondary N) is 1. The van der Waals surface area contributed by atoms with E-state index in [2.05, 4.69) is 4.98 Å². The number of carbonyl (C=O) groups excluding carboxylic acids is 2. The molecule has 2 fully saturated rings. The zero-order chi connectivity index (χ0) is 27.2. The molecule has 2 saturated heterocycles. The molecule has 1 aromatic heterocycles. The normalized spacial score (nSPS) is 25.5. The van der Waals surface area contributed by atoms with Crippen LogP contribution < -0.4 is 5.56 Å². The molecule has 2 aliphatic rings. The Morgan fingerprint density at radius 1 is 1.25 bits per heavy atom. The number of aliphatic hydroxyl groups excluding tert-OH is 1. The van der Waals surface area contributed by atoms with Gasteiger partial charge in [0.15, 0.2) is 16.8 Å². The van der Waals surface area contributed by atoms with Crippen molar-refractivity contribution in [3.05, 3.63) is 26.9 Å². The third kappa shape index (κ3) is 6.32. The summed E-state index contributed by atoms with van der Waals surface area (Å²) in [5.74, 6) is -4.43. The lowest BCUT2D eigenvalue weighted by Crippen LogP contribution is -2.45. The number of aromatic nitrogens is 2. The van der Waals surface area contributed by atoms with Gasteiger partial charge in [0.2, 0.25) is 0 Å². The predicted octanol–water partition coefficient (Wildman–Crippen LogP) is 1.55. The molecule has 0 aromatic carbocycles. The zero-order valence-electron chi connectivity index (χ0n) is 20.2. The van der Waals surface area contributed by atoms with Gasteiger partial charge in [-0.15, -0.1) is 0 Å². The molecule has 4 atom stereocenters. The molecule has 0 radical (unpaired) electrons. The third-order valence-electron chi connectivity index (χ3n) is 5.25. The Labute approximate surface area is 209 Å². The summed E-state index contributed by atoms with van der Waals surface area (Å²) in [6.07, 6.45) is -7.42. The van der Waals surface area contributed by atoms with Crippen molar-refractivity contribution >= 4 is 24.1 Å². The number of hydrogen-bond acceptors (Lipinski definition) is 9. The largest absolute Gasteiger partial charge is 0.471 e. The molecule has 0 saturated carbocycles. The maximum absolute atomic E-state index is 13.3. The van der Waals surface area contributed by atoms with Crippen LogP contribution >= 0.6 is 12.2 Å². The summed E-state index contributed by atoms with van der Waals surface area (Å²) in [5, 5.41) is 9.69. The summed E-state index contributed by atoms with van der Waals surface area (Å²) in [6, 6.07) is 0. The second kappa shape index (κ2) is 9.85. The molecule has 202 valence electrons. The first-order valence-electron chi connectivity index (χ1n) is 11.0. The molecular weight excluding hydrogens is 511 g/mol. The molecule has 3 rings (SSSR count). The lowest BCUT2D eigenvalue weighted by molar-refractivity contribution is -0.200. The molecule has 2 N–H and O–H groups in total. The number of carbonyl (C=O) groups is 2. The van der Waals surface area contributed by atoms with Crippen LogP contribution in [0.4, 0.5) is 13.2 Å². The fraction of sp³-hybridized carbons (Fsp3) is 0.714. The Hall–Kier alpha value is -2.33. The van der Waals surface area contributed by atoms with Crippen LogP contribution in [0.5, 0.6) is 0 Å². The molecule has 11 nitrogen and oxygen atoms in total. The number of esters is 1. The maximum Gasteiger partial charge on any atom is 0.471 e. The Balaban J connectivity index is 1.95. The molecule has 15 heteroatoms. The highest BCUT2D eigenvalue weighted by Crippen LogP contribution is 2.42. The van der Waals surface area contributed by atoms with Gasteiger partial charge in [-0.3, -0.25) is 23.9 Å². The lowest BCUT2D eigenvalue weighted by Gasteiger charge is -2.27. The first-order valence-corrected chi connectivity index (χ1v) is 11.4. The first kappa shape index (κ1) is 28.2. The number of amides is 1. The van der Waals surface area contributed by atoms with E-state index in [-0.39, 0.29) is 15.2 Å². The summed E-state index contributed by atoms with van der Waals surface area (Å²) in [5.41, 5.74) is -2.18. The molecular formula is C21H28F3N3O8S. The smallest absolute Gasteiger partial charge is 0.459 e. The monoisotopic (exact) mass is 539 g/mol. The molecule has 3 heterocycles. The summed E-state index contributed by atoms with van der Waals surface area (Å²) in [4.78, 5) is 39.3. The summed E-state index contributed by atoms with van der Waals surface area (Å²) in [7, 11) is 0. The molecule has 1 aromatic rings. The van der Waals surface area contributed by atoms with Crippen LogP contribution in [0.2, 0.25) is 0 Å². The van der Waals surface area contributed by atoms with E-state index in [1.807, 2.05) is 0 Å². The molecule has 2 aliphatic heterocycles. The van der Waals surface area contributed by atoms with Crippen molar-refractivity contribution in [1.82, 2.24) is 14.5 Å². The Morgan fingerprint density at radius 2 is 1.86 bits per heavy atom. The van der Waals surface area contributed by atoms with E-state index in [9.17, 15) is 32.7 Å². The van der Waals surface area contributed by atoms with Crippen LogP contribution in [0.25, 0.3) is 0 Å². The van der Waals surface area contributed by atoms with E-state index in [0.717, 1.165) is 6.20 Å². The van der Waals surface area contributed by atoms with Crippen molar-refractivity contribution in [3.63, 3.8) is 0 Å². The van der Waals surface area contributed by atoms with Crippen LogP contribution in [0, 0.1) is 4.77 Å². The Bertz CT molecular complexity index is 1130. The maximum atomic E-state index is 13.3. The first-order chi connectivity index (χ1) is 16.4. The number of hydrogen-bond donors (Lipinski definition) is 2. The quantitative estimate of drug-likeness (QED) is 0.408. The average molecular weight is 540 g/mol. The second-order valence-corrected chi connectivity index (χ2v) is 10.3. The van der Waals surface area contributed by atoms with Crippen molar-refractivity contribution in [3.8, 4) is 0 Å². The van der Waals surface area contributed by atoms with Gasteiger partial charge in [-0.2, -0.15) is 13.2 Å². The van der Waals surface area contributed by atoms with Crippen molar-refractivity contribution < 1.29 is 46.8 Å². The van der Waals surface area contributed by atoms with Gasteiger partial charge in [0, 0.05) is 6.20 Å². The van der Waals surface area contributed by atoms with Gasteiger partial charge in [-0.1, -0.05) is 0 Å². The van der Waals surface area contributed by atoms with Crippen LogP contribution in [-0.2, 0) is 35.1 Å². The van der Waals surface area contributed by atoms with Crippen molar-refractivity contribution in [1.29, 1.82) is 0 Å². The predicted molar refractivity (Wildman–Crippen MR) is 118 cm³/mol. The van der Waals surface area contributed by atoms with Gasteiger partial charge >= 0.3 is 18.1 Å². The molecule has 0 aliphatic carbocycles. The highest BCUT2D eigenvalue weighted by Gasteiger charge is 2.55. The van der Waals surface area contributed by atoms with Gasteiger partial charge in [0.25, 0.3) is 5.56 Å². The van der Waals surface area contributed by atoms with Gasteiger partial charge < -0.3 is 29.0 Å². The lowest BCUT2D eigenvalue weighted by atomic mass is 10.1. The topological polar surface area (TPSA) is 132 Å². The van der Waals surface area contributed by atoms with E-state index < -0.39 is 79.2 Å². The third-order valence-corrected chi connectivity index (χ3v) is 5.56. The number of halogens is 3. The summed E-state index contributed by atoms with van der Waals surface area (Å²) < 4.78 is 63.4. The van der Waals surface area contributed by atoms with Gasteiger partial charge in [0.05, 0.1) is 18.7 Å². The molecule has 1 amide bonds. The Morgan fingerprint density at radius 3 is 2.42 bits per heavy atom. The average Bonchev–Trinajstić information content (AvgIpc) is 3.19. The van der Waals surface area contributed by atoms with E-state index >= 15 is 0 Å². The molecule has 36 heavy (non-hydrogen) atoms. The molecule has 0 spiro atoms. The summed E-state index contributed by atoms with van der Waals surface area (Å²) >= 11 is 5.22. The van der Waals surface area contributed by atoms with Crippen molar-refractivity contribution in [2.24, 2.45) is 0 Å². The van der Waals surface area contributed by atoms with Gasteiger partial charge in [0.1, 0.15) is 30.5 Å². The number of alkyl halides is 3. The fourth-order valence-electron chi connectivity index (χ4n) is 3.97. The minimum absolute atomic E-state index is 0.139. The van der Waals surface area contributed by atoms with Crippen LogP contribution in [-0.4, -0.2) is 80.5 Å². The molecule has 0 unspecified atom stereocenters. The van der Waals surface area contributed by atoms with Crippen molar-refractivity contribution in [2.45, 2.75) is 83.3 Å².